The molecule has 0 saturated carbocycles. The Hall–Kier alpha value is -3.02. The Balaban J connectivity index is 3.51. The van der Waals surface area contributed by atoms with Gasteiger partial charge in [-0.3, -0.25) is 10.1 Å². The fourth-order valence-electron chi connectivity index (χ4n) is 1.34. The summed E-state index contributed by atoms with van der Waals surface area (Å²) < 4.78 is 28.6. The zero-order chi connectivity index (χ0) is 15.3. The van der Waals surface area contributed by atoms with Crippen molar-refractivity contribution in [3.8, 4) is 11.8 Å². The van der Waals surface area contributed by atoms with Gasteiger partial charge in [-0.1, -0.05) is 0 Å². The number of nitriles is 1. The van der Waals surface area contributed by atoms with Crippen molar-refractivity contribution in [2.24, 2.45) is 0 Å². The average Bonchev–Trinajstić information content (AvgIpc) is 2.35. The number of hydrogen-bond donors (Lipinski definition) is 1. The molecule has 0 aliphatic carbocycles. The van der Waals surface area contributed by atoms with Gasteiger partial charge in [-0.25, -0.2) is 4.79 Å². The predicted molar refractivity (Wildman–Crippen MR) is 61.1 cm³/mol. The second kappa shape index (κ2) is 6.24. The smallest absolute Gasteiger partial charge is 0.387 e. The molecule has 0 bridgehead atoms. The average molecular weight is 284 g/mol. The van der Waals surface area contributed by atoms with Crippen LogP contribution < -0.4 is 4.74 Å². The molecule has 0 saturated heterocycles. The number of nitrogens with zero attached hydrogens (tertiary/aromatic N) is 2. The van der Waals surface area contributed by atoms with Crippen LogP contribution in [0.5, 0.6) is 5.75 Å². The van der Waals surface area contributed by atoms with Crippen LogP contribution in [0, 0.1) is 21.4 Å². The van der Waals surface area contributed by atoms with Gasteiger partial charge in [0.05, 0.1) is 22.1 Å². The SMILES string of the molecule is N#Cc1cc(OC(F)F)c(/C=C/C(=O)O)c([N+](=O)[O-])c1. The maximum Gasteiger partial charge on any atom is 0.387 e. The Bertz CT molecular complexity index is 622. The molecule has 0 heterocycles. The van der Waals surface area contributed by atoms with E-state index in [4.69, 9.17) is 10.4 Å². The number of carboxylic acids is 1. The summed E-state index contributed by atoms with van der Waals surface area (Å²) in [7, 11) is 0. The second-order valence-corrected chi connectivity index (χ2v) is 3.33. The highest BCUT2D eigenvalue weighted by Gasteiger charge is 2.21. The number of ether oxygens (including phenoxy) is 1. The van der Waals surface area contributed by atoms with Gasteiger partial charge in [0.25, 0.3) is 5.69 Å². The van der Waals surface area contributed by atoms with E-state index in [1.807, 2.05) is 0 Å². The van der Waals surface area contributed by atoms with Crippen LogP contribution in [0.25, 0.3) is 6.08 Å². The van der Waals surface area contributed by atoms with Gasteiger partial charge in [0.1, 0.15) is 5.75 Å². The van der Waals surface area contributed by atoms with Crippen molar-refractivity contribution in [2.45, 2.75) is 6.61 Å². The summed E-state index contributed by atoms with van der Waals surface area (Å²) in [5.74, 6) is -2.07. The van der Waals surface area contributed by atoms with Crippen LogP contribution in [0.4, 0.5) is 14.5 Å². The number of halogens is 2. The summed E-state index contributed by atoms with van der Waals surface area (Å²) in [4.78, 5) is 20.3. The van der Waals surface area contributed by atoms with E-state index in [-0.39, 0.29) is 5.56 Å². The number of carbonyl (C=O) groups is 1. The minimum Gasteiger partial charge on any atom is -0.478 e. The lowest BCUT2D eigenvalue weighted by Crippen LogP contribution is -2.05. The van der Waals surface area contributed by atoms with E-state index in [0.29, 0.717) is 6.08 Å². The van der Waals surface area contributed by atoms with Crippen molar-refractivity contribution in [3.05, 3.63) is 39.4 Å². The lowest BCUT2D eigenvalue weighted by Gasteiger charge is -2.08. The van der Waals surface area contributed by atoms with Crippen molar-refractivity contribution in [1.82, 2.24) is 0 Å². The lowest BCUT2D eigenvalue weighted by molar-refractivity contribution is -0.385. The highest BCUT2D eigenvalue weighted by Crippen LogP contribution is 2.32. The van der Waals surface area contributed by atoms with E-state index in [0.717, 1.165) is 18.2 Å². The first-order chi connectivity index (χ1) is 9.35. The van der Waals surface area contributed by atoms with E-state index in [1.165, 1.54) is 0 Å². The van der Waals surface area contributed by atoms with E-state index in [1.54, 1.807) is 6.07 Å². The molecule has 0 aliphatic heterocycles. The summed E-state index contributed by atoms with van der Waals surface area (Å²) in [6.45, 7) is -3.28. The molecule has 1 N–H and O–H groups in total. The molecule has 0 atom stereocenters. The van der Waals surface area contributed by atoms with Crippen LogP contribution in [0.3, 0.4) is 0 Å². The molecule has 1 aromatic carbocycles. The molecule has 104 valence electrons. The first-order valence-electron chi connectivity index (χ1n) is 4.93. The normalized spacial score (nSPS) is 10.5. The van der Waals surface area contributed by atoms with Crippen molar-refractivity contribution in [1.29, 1.82) is 5.26 Å². The summed E-state index contributed by atoms with van der Waals surface area (Å²) in [6, 6.07) is 3.25. The van der Waals surface area contributed by atoms with Gasteiger partial charge in [-0.15, -0.1) is 0 Å². The van der Waals surface area contributed by atoms with Crippen molar-refractivity contribution in [3.63, 3.8) is 0 Å². The van der Waals surface area contributed by atoms with Crippen LogP contribution in [-0.2, 0) is 4.79 Å². The first kappa shape index (κ1) is 15.0. The first-order valence-corrected chi connectivity index (χ1v) is 4.93. The van der Waals surface area contributed by atoms with Crippen LogP contribution in [0.2, 0.25) is 0 Å². The minimum absolute atomic E-state index is 0.264. The van der Waals surface area contributed by atoms with Crippen molar-refractivity contribution in [2.75, 3.05) is 0 Å². The molecule has 0 radical (unpaired) electrons. The number of nitro benzene ring substituents is 1. The van der Waals surface area contributed by atoms with Crippen LogP contribution in [0.1, 0.15) is 11.1 Å². The molecule has 0 amide bonds. The fourth-order valence-corrected chi connectivity index (χ4v) is 1.34. The second-order valence-electron chi connectivity index (χ2n) is 3.33. The topological polar surface area (TPSA) is 113 Å². The van der Waals surface area contributed by atoms with Crippen molar-refractivity contribution >= 4 is 17.7 Å². The van der Waals surface area contributed by atoms with E-state index in [9.17, 15) is 23.7 Å². The van der Waals surface area contributed by atoms with Gasteiger partial charge in [0, 0.05) is 12.1 Å². The quantitative estimate of drug-likeness (QED) is 0.503. The Morgan fingerprint density at radius 2 is 2.20 bits per heavy atom. The monoisotopic (exact) mass is 284 g/mol. The van der Waals surface area contributed by atoms with Crippen LogP contribution in [0.15, 0.2) is 18.2 Å². The number of nitro groups is 1. The highest BCUT2D eigenvalue weighted by atomic mass is 19.3. The molecule has 0 unspecified atom stereocenters. The molecule has 7 nitrogen and oxygen atoms in total. The van der Waals surface area contributed by atoms with Gasteiger partial charge in [0.2, 0.25) is 0 Å². The van der Waals surface area contributed by atoms with Gasteiger partial charge >= 0.3 is 12.6 Å². The van der Waals surface area contributed by atoms with Crippen LogP contribution >= 0.6 is 0 Å². The Morgan fingerprint density at radius 1 is 1.55 bits per heavy atom. The third kappa shape index (κ3) is 3.74. The molecule has 0 aliphatic rings. The molecule has 0 spiro atoms. The Labute approximate surface area is 110 Å². The summed E-state index contributed by atoms with van der Waals surface area (Å²) in [5, 5.41) is 28.0. The fraction of sp³-hybridized carbons (Fsp3) is 0.0909. The predicted octanol–water partition coefficient (Wildman–Crippen LogP) is 2.17. The lowest BCUT2D eigenvalue weighted by atomic mass is 10.1. The third-order valence-corrected chi connectivity index (χ3v) is 2.05. The number of alkyl halides is 2. The maximum absolute atomic E-state index is 12.3. The molecular weight excluding hydrogens is 278 g/mol. The number of benzene rings is 1. The molecular formula is C11H6F2N2O5. The molecule has 9 heteroatoms. The maximum atomic E-state index is 12.3. The third-order valence-electron chi connectivity index (χ3n) is 2.05. The van der Waals surface area contributed by atoms with Gasteiger partial charge in [-0.05, 0) is 12.1 Å². The number of aliphatic carboxylic acids is 1. The Morgan fingerprint density at radius 3 is 2.65 bits per heavy atom. The zero-order valence-corrected chi connectivity index (χ0v) is 9.62. The number of rotatable bonds is 5. The van der Waals surface area contributed by atoms with E-state index < -0.39 is 34.5 Å². The summed E-state index contributed by atoms with van der Waals surface area (Å²) in [6.07, 6.45) is 1.28. The molecule has 0 fully saturated rings. The Kier molecular flexibility index (Phi) is 4.69. The molecule has 1 aromatic rings. The van der Waals surface area contributed by atoms with Gasteiger partial charge < -0.3 is 9.84 Å². The molecule has 20 heavy (non-hydrogen) atoms. The summed E-state index contributed by atoms with van der Waals surface area (Å²) >= 11 is 0. The number of hydrogen-bond acceptors (Lipinski definition) is 5. The number of carboxylic acid groups (broad SMARTS) is 1. The standard InChI is InChI=1S/C11H6F2N2O5/c12-11(13)20-9-4-6(5-14)3-8(15(18)19)7(9)1-2-10(16)17/h1-4,11H,(H,16,17)/b2-1+. The largest absolute Gasteiger partial charge is 0.478 e. The highest BCUT2D eigenvalue weighted by molar-refractivity contribution is 5.87. The molecule has 1 rings (SSSR count). The van der Waals surface area contributed by atoms with E-state index in [2.05, 4.69) is 4.74 Å². The van der Waals surface area contributed by atoms with Crippen molar-refractivity contribution < 1.29 is 28.3 Å². The summed E-state index contributed by atoms with van der Waals surface area (Å²) in [5.41, 5.74) is -1.44. The van der Waals surface area contributed by atoms with Crippen LogP contribution in [-0.4, -0.2) is 22.6 Å². The van der Waals surface area contributed by atoms with Gasteiger partial charge in [0.15, 0.2) is 0 Å². The molecule has 0 aromatic heterocycles. The zero-order valence-electron chi connectivity index (χ0n) is 9.62. The minimum atomic E-state index is -3.28. The van der Waals surface area contributed by atoms with E-state index >= 15 is 0 Å². The van der Waals surface area contributed by atoms with Gasteiger partial charge in [-0.2, -0.15) is 14.0 Å².